The number of nitrogens with one attached hydrogen (secondary N) is 1. The Labute approximate surface area is 143 Å². The van der Waals surface area contributed by atoms with Crippen molar-refractivity contribution in [1.29, 1.82) is 0 Å². The smallest absolute Gasteiger partial charge is 0.251 e. The first kappa shape index (κ1) is 16.7. The molecule has 0 aliphatic carbocycles. The van der Waals surface area contributed by atoms with Gasteiger partial charge in [0.25, 0.3) is 5.91 Å². The van der Waals surface area contributed by atoms with Gasteiger partial charge in [-0.1, -0.05) is 12.1 Å². The molecule has 1 aliphatic heterocycles. The average Bonchev–Trinajstić information content (AvgIpc) is 2.91. The van der Waals surface area contributed by atoms with E-state index in [0.29, 0.717) is 24.6 Å². The van der Waals surface area contributed by atoms with Crippen molar-refractivity contribution < 1.29 is 9.53 Å². The predicted octanol–water partition coefficient (Wildman–Crippen LogP) is 2.70. The molecule has 1 atom stereocenters. The van der Waals surface area contributed by atoms with Gasteiger partial charge in [0.15, 0.2) is 0 Å². The van der Waals surface area contributed by atoms with Crippen molar-refractivity contribution in [3.05, 3.63) is 52.8 Å². The summed E-state index contributed by atoms with van der Waals surface area (Å²) in [5, 5.41) is 7.51. The first-order chi connectivity index (χ1) is 11.6. The standard InChI is InChI=1S/C19H25N3O2/c1-14-9-15(2)22(21-14)12-16-5-3-7-18(10-16)19(23)20-11-17-6-4-8-24-13-17/h3,5,7,9-10,17H,4,6,8,11-13H2,1-2H3,(H,20,23)/t17-/m0/s1. The minimum Gasteiger partial charge on any atom is -0.381 e. The van der Waals surface area contributed by atoms with Gasteiger partial charge in [0.1, 0.15) is 0 Å². The number of ether oxygens (including phenoxy) is 1. The summed E-state index contributed by atoms with van der Waals surface area (Å²) in [5.41, 5.74) is 3.91. The SMILES string of the molecule is Cc1cc(C)n(Cc2cccc(C(=O)NC[C@@H]3CCCOC3)c2)n1. The van der Waals surface area contributed by atoms with Crippen LogP contribution < -0.4 is 5.32 Å². The third-order valence-corrected chi connectivity index (χ3v) is 4.43. The van der Waals surface area contributed by atoms with Crippen LogP contribution in [0.15, 0.2) is 30.3 Å². The van der Waals surface area contributed by atoms with Gasteiger partial charge in [0.2, 0.25) is 0 Å². The van der Waals surface area contributed by atoms with Gasteiger partial charge in [-0.3, -0.25) is 9.48 Å². The zero-order valence-corrected chi connectivity index (χ0v) is 14.4. The number of aromatic nitrogens is 2. The van der Waals surface area contributed by atoms with Gasteiger partial charge >= 0.3 is 0 Å². The molecule has 1 N–H and O–H groups in total. The first-order valence-electron chi connectivity index (χ1n) is 8.58. The Kier molecular flexibility index (Phi) is 5.30. The van der Waals surface area contributed by atoms with E-state index in [0.717, 1.165) is 43.0 Å². The van der Waals surface area contributed by atoms with Gasteiger partial charge in [-0.25, -0.2) is 0 Å². The first-order valence-corrected chi connectivity index (χ1v) is 8.58. The number of benzene rings is 1. The molecule has 2 aromatic rings. The highest BCUT2D eigenvalue weighted by Crippen LogP contribution is 2.13. The zero-order valence-electron chi connectivity index (χ0n) is 14.4. The average molecular weight is 327 g/mol. The molecule has 0 saturated carbocycles. The molecule has 0 radical (unpaired) electrons. The number of nitrogens with zero attached hydrogens (tertiary/aromatic N) is 2. The molecule has 1 aromatic carbocycles. The molecule has 5 nitrogen and oxygen atoms in total. The molecule has 2 heterocycles. The maximum absolute atomic E-state index is 12.4. The molecule has 3 rings (SSSR count). The number of carbonyl (C=O) groups excluding carboxylic acids is 1. The van der Waals surface area contributed by atoms with Crippen LogP contribution in [0.2, 0.25) is 0 Å². The molecule has 0 bridgehead atoms. The highest BCUT2D eigenvalue weighted by atomic mass is 16.5. The van der Waals surface area contributed by atoms with E-state index in [1.165, 1.54) is 0 Å². The van der Waals surface area contributed by atoms with E-state index in [4.69, 9.17) is 4.74 Å². The van der Waals surface area contributed by atoms with Crippen LogP contribution in [-0.4, -0.2) is 35.4 Å². The number of carbonyl (C=O) groups is 1. The molecule has 24 heavy (non-hydrogen) atoms. The van der Waals surface area contributed by atoms with Crippen molar-refractivity contribution in [3.8, 4) is 0 Å². The van der Waals surface area contributed by atoms with Crippen LogP contribution in [-0.2, 0) is 11.3 Å². The van der Waals surface area contributed by atoms with Gasteiger partial charge in [-0.2, -0.15) is 5.10 Å². The van der Waals surface area contributed by atoms with Gasteiger partial charge in [0.05, 0.1) is 18.8 Å². The van der Waals surface area contributed by atoms with E-state index in [1.807, 2.05) is 42.8 Å². The van der Waals surface area contributed by atoms with E-state index in [2.05, 4.69) is 16.5 Å². The van der Waals surface area contributed by atoms with Crippen molar-refractivity contribution in [2.75, 3.05) is 19.8 Å². The minimum absolute atomic E-state index is 0.0178. The predicted molar refractivity (Wildman–Crippen MR) is 93.1 cm³/mol. The second-order valence-corrected chi connectivity index (χ2v) is 6.58. The molecular weight excluding hydrogens is 302 g/mol. The largest absolute Gasteiger partial charge is 0.381 e. The van der Waals surface area contributed by atoms with Gasteiger partial charge in [-0.05, 0) is 56.4 Å². The highest BCUT2D eigenvalue weighted by molar-refractivity contribution is 5.94. The third kappa shape index (κ3) is 4.23. The van der Waals surface area contributed by atoms with Crippen molar-refractivity contribution in [1.82, 2.24) is 15.1 Å². The summed E-state index contributed by atoms with van der Waals surface area (Å²) in [6.07, 6.45) is 2.21. The molecule has 5 heteroatoms. The highest BCUT2D eigenvalue weighted by Gasteiger charge is 2.15. The van der Waals surface area contributed by atoms with E-state index in [1.54, 1.807) is 0 Å². The molecule has 1 saturated heterocycles. The van der Waals surface area contributed by atoms with E-state index < -0.39 is 0 Å². The second kappa shape index (κ2) is 7.62. The van der Waals surface area contributed by atoms with Gasteiger partial charge in [-0.15, -0.1) is 0 Å². The summed E-state index contributed by atoms with van der Waals surface area (Å²) >= 11 is 0. The summed E-state index contributed by atoms with van der Waals surface area (Å²) < 4.78 is 7.42. The van der Waals surface area contributed by atoms with Crippen molar-refractivity contribution in [2.24, 2.45) is 5.92 Å². The fraction of sp³-hybridized carbons (Fsp3) is 0.474. The normalized spacial score (nSPS) is 17.7. The van der Waals surface area contributed by atoms with Crippen LogP contribution in [0.3, 0.4) is 0 Å². The van der Waals surface area contributed by atoms with Crippen molar-refractivity contribution in [2.45, 2.75) is 33.2 Å². The Morgan fingerprint density at radius 2 is 2.25 bits per heavy atom. The number of aryl methyl sites for hydroxylation is 2. The van der Waals surface area contributed by atoms with Crippen molar-refractivity contribution in [3.63, 3.8) is 0 Å². The Bertz CT molecular complexity index is 702. The lowest BCUT2D eigenvalue weighted by Crippen LogP contribution is -2.33. The summed E-state index contributed by atoms with van der Waals surface area (Å²) in [5.74, 6) is 0.413. The fourth-order valence-corrected chi connectivity index (χ4v) is 3.13. The molecule has 1 aromatic heterocycles. The van der Waals surface area contributed by atoms with Crippen LogP contribution in [0.4, 0.5) is 0 Å². The molecule has 1 aliphatic rings. The van der Waals surface area contributed by atoms with E-state index in [9.17, 15) is 4.79 Å². The van der Waals surface area contributed by atoms with E-state index >= 15 is 0 Å². The van der Waals surface area contributed by atoms with Crippen molar-refractivity contribution >= 4 is 5.91 Å². The van der Waals surface area contributed by atoms with Crippen LogP contribution in [0.5, 0.6) is 0 Å². The van der Waals surface area contributed by atoms with Gasteiger partial charge < -0.3 is 10.1 Å². The molecule has 1 amide bonds. The van der Waals surface area contributed by atoms with Crippen LogP contribution in [0.25, 0.3) is 0 Å². The Morgan fingerprint density at radius 1 is 1.38 bits per heavy atom. The molecule has 128 valence electrons. The van der Waals surface area contributed by atoms with Crippen LogP contribution in [0.1, 0.15) is 40.2 Å². The topological polar surface area (TPSA) is 56.2 Å². The lowest BCUT2D eigenvalue weighted by Gasteiger charge is -2.22. The third-order valence-electron chi connectivity index (χ3n) is 4.43. The monoisotopic (exact) mass is 327 g/mol. The van der Waals surface area contributed by atoms with Gasteiger partial charge in [0, 0.05) is 24.4 Å². The van der Waals surface area contributed by atoms with E-state index in [-0.39, 0.29) is 5.91 Å². The Hall–Kier alpha value is -2.14. The Morgan fingerprint density at radius 3 is 2.96 bits per heavy atom. The van der Waals surface area contributed by atoms with Crippen LogP contribution in [0, 0.1) is 19.8 Å². The number of amides is 1. The zero-order chi connectivity index (χ0) is 16.9. The summed E-state index contributed by atoms with van der Waals surface area (Å²) in [6.45, 7) is 6.99. The summed E-state index contributed by atoms with van der Waals surface area (Å²) in [4.78, 5) is 12.4. The quantitative estimate of drug-likeness (QED) is 0.918. The number of hydrogen-bond acceptors (Lipinski definition) is 3. The maximum atomic E-state index is 12.4. The maximum Gasteiger partial charge on any atom is 0.251 e. The van der Waals surface area contributed by atoms with Crippen LogP contribution >= 0.6 is 0 Å². The molecular formula is C19H25N3O2. The summed E-state index contributed by atoms with van der Waals surface area (Å²) in [7, 11) is 0. The molecule has 0 spiro atoms. The summed E-state index contributed by atoms with van der Waals surface area (Å²) in [6, 6.07) is 9.82. The minimum atomic E-state index is -0.0178. The number of rotatable bonds is 5. The molecule has 1 fully saturated rings. The lowest BCUT2D eigenvalue weighted by molar-refractivity contribution is 0.0536. The second-order valence-electron chi connectivity index (χ2n) is 6.58. The lowest BCUT2D eigenvalue weighted by atomic mass is 10.0. The molecule has 0 unspecified atom stereocenters. The Balaban J connectivity index is 1.61. The number of hydrogen-bond donors (Lipinski definition) is 1. The fourth-order valence-electron chi connectivity index (χ4n) is 3.13.